The molecule has 2 aliphatic rings. The number of rotatable bonds is 8. The number of benzene rings is 2. The van der Waals surface area contributed by atoms with Crippen molar-refractivity contribution in [1.29, 1.82) is 0 Å². The van der Waals surface area contributed by atoms with Crippen molar-refractivity contribution in [3.8, 4) is 11.5 Å². The molecule has 0 aliphatic carbocycles. The maximum absolute atomic E-state index is 12.3. The Bertz CT molecular complexity index is 1400. The van der Waals surface area contributed by atoms with Crippen LogP contribution in [0, 0.1) is 0 Å². The van der Waals surface area contributed by atoms with E-state index in [4.69, 9.17) is 18.9 Å². The van der Waals surface area contributed by atoms with Gasteiger partial charge in [-0.2, -0.15) is 0 Å². The first kappa shape index (κ1) is 29.5. The van der Waals surface area contributed by atoms with Crippen LogP contribution in [-0.4, -0.2) is 55.8 Å². The van der Waals surface area contributed by atoms with Crippen LogP contribution in [0.25, 0.3) is 0 Å². The number of ether oxygens (including phenoxy) is 4. The second kappa shape index (κ2) is 14.3. The smallest absolute Gasteiger partial charge is 0.228 e. The fraction of sp³-hybridized carbons (Fsp3) is 0.406. The molecule has 10 nitrogen and oxygen atoms in total. The molecule has 4 heterocycles. The molecule has 2 fully saturated rings. The van der Waals surface area contributed by atoms with Crippen LogP contribution in [0.3, 0.4) is 0 Å². The Morgan fingerprint density at radius 3 is 1.83 bits per heavy atom. The van der Waals surface area contributed by atoms with E-state index in [1.807, 2.05) is 42.1 Å². The van der Waals surface area contributed by atoms with Crippen molar-refractivity contribution in [1.82, 2.24) is 19.1 Å². The van der Waals surface area contributed by atoms with Gasteiger partial charge in [-0.05, 0) is 67.6 Å². The van der Waals surface area contributed by atoms with Crippen molar-refractivity contribution in [2.24, 2.45) is 14.1 Å². The molecule has 3 atom stereocenters. The molecule has 2 saturated heterocycles. The van der Waals surface area contributed by atoms with Gasteiger partial charge in [-0.1, -0.05) is 12.1 Å². The first-order valence-electron chi connectivity index (χ1n) is 14.4. The number of aromatic nitrogens is 4. The normalized spacial score (nSPS) is 19.3. The molecule has 0 radical (unpaired) electrons. The minimum Gasteiger partial charge on any atom is -0.465 e. The van der Waals surface area contributed by atoms with E-state index in [1.54, 1.807) is 54.5 Å². The predicted molar refractivity (Wildman–Crippen MR) is 155 cm³/mol. The molecule has 4 aromatic rings. The van der Waals surface area contributed by atoms with Gasteiger partial charge in [0.25, 0.3) is 0 Å². The van der Waals surface area contributed by atoms with E-state index in [1.165, 1.54) is 0 Å². The third-order valence-electron chi connectivity index (χ3n) is 7.25. The largest absolute Gasteiger partial charge is 0.465 e. The Balaban J connectivity index is 0.000000168. The van der Waals surface area contributed by atoms with Gasteiger partial charge in [-0.3, -0.25) is 4.79 Å². The zero-order chi connectivity index (χ0) is 29.3. The van der Waals surface area contributed by atoms with E-state index in [-0.39, 0.29) is 18.4 Å². The number of carbonyl (C=O) groups excluding carboxylic acids is 1. The highest BCUT2D eigenvalue weighted by Crippen LogP contribution is 2.25. The van der Waals surface area contributed by atoms with Crippen LogP contribution in [-0.2, 0) is 23.6 Å². The highest BCUT2D eigenvalue weighted by Gasteiger charge is 2.18. The van der Waals surface area contributed by atoms with Crippen LogP contribution in [0.2, 0.25) is 0 Å². The molecule has 2 aromatic carbocycles. The second-order valence-electron chi connectivity index (χ2n) is 10.4. The first-order chi connectivity index (χ1) is 20.5. The Morgan fingerprint density at radius 1 is 0.810 bits per heavy atom. The number of ketones is 1. The Hall–Kier alpha value is -3.99. The van der Waals surface area contributed by atoms with Crippen LogP contribution in [0.5, 0.6) is 11.5 Å². The van der Waals surface area contributed by atoms with Crippen LogP contribution in [0.1, 0.15) is 72.2 Å². The van der Waals surface area contributed by atoms with E-state index in [9.17, 15) is 9.90 Å². The number of hydrogen-bond donors (Lipinski definition) is 1. The van der Waals surface area contributed by atoms with Crippen LogP contribution < -0.4 is 9.47 Å². The zero-order valence-corrected chi connectivity index (χ0v) is 24.1. The lowest BCUT2D eigenvalue weighted by molar-refractivity contribution is -0.106. The maximum Gasteiger partial charge on any atom is 0.228 e. The summed E-state index contributed by atoms with van der Waals surface area (Å²) < 4.78 is 26.1. The fourth-order valence-corrected chi connectivity index (χ4v) is 4.83. The molecular formula is C32H38N4O6. The molecule has 0 spiro atoms. The summed E-state index contributed by atoms with van der Waals surface area (Å²) in [7, 11) is 3.67. The van der Waals surface area contributed by atoms with Crippen molar-refractivity contribution < 1.29 is 28.8 Å². The fourth-order valence-electron chi connectivity index (χ4n) is 4.83. The molecule has 2 aromatic heterocycles. The minimum atomic E-state index is -0.731. The molecule has 3 unspecified atom stereocenters. The Labute approximate surface area is 245 Å². The van der Waals surface area contributed by atoms with Crippen molar-refractivity contribution in [2.75, 3.05) is 13.2 Å². The van der Waals surface area contributed by atoms with Gasteiger partial charge in [0.2, 0.25) is 5.78 Å². The SMILES string of the molecule is Cn1ccnc1C(=O)c1ccc(OC2CCCCO2)cc1.Cn1ccnc1C(O)c1ccc(OC2CCCCO2)cc1. The number of hydrogen-bond acceptors (Lipinski definition) is 8. The molecule has 6 rings (SSSR count). The van der Waals surface area contributed by atoms with E-state index >= 15 is 0 Å². The lowest BCUT2D eigenvalue weighted by Crippen LogP contribution is -2.24. The van der Waals surface area contributed by atoms with Gasteiger partial charge in [0.15, 0.2) is 18.4 Å². The summed E-state index contributed by atoms with van der Waals surface area (Å²) in [5.74, 6) is 2.44. The van der Waals surface area contributed by atoms with E-state index < -0.39 is 6.10 Å². The molecule has 42 heavy (non-hydrogen) atoms. The quantitative estimate of drug-likeness (QED) is 0.294. The molecule has 0 amide bonds. The highest BCUT2D eigenvalue weighted by molar-refractivity contribution is 6.06. The average molecular weight is 575 g/mol. The van der Waals surface area contributed by atoms with Crippen LogP contribution >= 0.6 is 0 Å². The summed E-state index contributed by atoms with van der Waals surface area (Å²) in [6, 6.07) is 14.6. The second-order valence-corrected chi connectivity index (χ2v) is 10.4. The lowest BCUT2D eigenvalue weighted by atomic mass is 10.1. The number of aliphatic hydroxyl groups is 1. The summed E-state index contributed by atoms with van der Waals surface area (Å²) >= 11 is 0. The number of imidazole rings is 2. The van der Waals surface area contributed by atoms with E-state index in [2.05, 4.69) is 9.97 Å². The predicted octanol–water partition coefficient (Wildman–Crippen LogP) is 4.96. The van der Waals surface area contributed by atoms with Crippen molar-refractivity contribution in [3.63, 3.8) is 0 Å². The first-order valence-corrected chi connectivity index (χ1v) is 14.4. The van der Waals surface area contributed by atoms with E-state index in [0.29, 0.717) is 17.2 Å². The topological polar surface area (TPSA) is 110 Å². The van der Waals surface area contributed by atoms with E-state index in [0.717, 1.165) is 68.8 Å². The van der Waals surface area contributed by atoms with Gasteiger partial charge in [0.05, 0.1) is 13.2 Å². The lowest BCUT2D eigenvalue weighted by Gasteiger charge is -2.23. The number of aryl methyl sites for hydroxylation is 2. The molecule has 0 saturated carbocycles. The highest BCUT2D eigenvalue weighted by atomic mass is 16.7. The number of aliphatic hydroxyl groups excluding tert-OH is 1. The maximum atomic E-state index is 12.3. The average Bonchev–Trinajstić information content (AvgIpc) is 3.66. The molecule has 10 heteroatoms. The Morgan fingerprint density at radius 2 is 1.36 bits per heavy atom. The third-order valence-corrected chi connectivity index (χ3v) is 7.25. The van der Waals surface area contributed by atoms with Gasteiger partial charge in [-0.15, -0.1) is 0 Å². The standard InChI is InChI=1S/C16H20N2O3.C16H18N2O3/c2*1-18-10-9-17-16(18)15(19)12-5-7-13(8-6-12)21-14-4-2-3-11-20-14/h5-10,14-15,19H,2-4,11H2,1H3;5-10,14H,2-4,11H2,1H3. The summed E-state index contributed by atoms with van der Waals surface area (Å²) in [5.41, 5.74) is 1.39. The summed E-state index contributed by atoms with van der Waals surface area (Å²) in [6.45, 7) is 1.51. The van der Waals surface area contributed by atoms with Gasteiger partial charge in [0, 0.05) is 57.3 Å². The molecule has 2 aliphatic heterocycles. The van der Waals surface area contributed by atoms with Crippen molar-refractivity contribution >= 4 is 5.78 Å². The minimum absolute atomic E-state index is 0.0945. The van der Waals surface area contributed by atoms with Gasteiger partial charge < -0.3 is 33.2 Å². The zero-order valence-electron chi connectivity index (χ0n) is 24.1. The summed E-state index contributed by atoms with van der Waals surface area (Å²) in [4.78, 5) is 20.5. The Kier molecular flexibility index (Phi) is 10.0. The molecule has 222 valence electrons. The van der Waals surface area contributed by atoms with Gasteiger partial charge in [0.1, 0.15) is 23.4 Å². The monoisotopic (exact) mass is 574 g/mol. The molecule has 1 N–H and O–H groups in total. The number of carbonyl (C=O) groups is 1. The molecule has 0 bridgehead atoms. The van der Waals surface area contributed by atoms with Crippen LogP contribution in [0.4, 0.5) is 0 Å². The summed E-state index contributed by atoms with van der Waals surface area (Å²) in [6.07, 6.45) is 12.1. The van der Waals surface area contributed by atoms with Gasteiger partial charge >= 0.3 is 0 Å². The van der Waals surface area contributed by atoms with Crippen LogP contribution in [0.15, 0.2) is 73.3 Å². The van der Waals surface area contributed by atoms with Crippen molar-refractivity contribution in [3.05, 3.63) is 96.1 Å². The number of nitrogens with zero attached hydrogens (tertiary/aromatic N) is 4. The van der Waals surface area contributed by atoms with Gasteiger partial charge in [-0.25, -0.2) is 9.97 Å². The van der Waals surface area contributed by atoms with Crippen molar-refractivity contribution in [2.45, 2.75) is 57.2 Å². The molecular weight excluding hydrogens is 536 g/mol. The third kappa shape index (κ3) is 7.64. The summed E-state index contributed by atoms with van der Waals surface area (Å²) in [5, 5.41) is 10.3.